The lowest BCUT2D eigenvalue weighted by Crippen LogP contribution is -2.41. The van der Waals surface area contributed by atoms with Crippen LogP contribution in [0.1, 0.15) is 28.3 Å². The molecule has 0 saturated carbocycles. The summed E-state index contributed by atoms with van der Waals surface area (Å²) in [5.74, 6) is -0.358. The van der Waals surface area contributed by atoms with Crippen LogP contribution in [0.3, 0.4) is 0 Å². The molecule has 178 valence electrons. The average Bonchev–Trinajstić information content (AvgIpc) is 3.60. The number of carbonyl (C=O) groups is 1. The van der Waals surface area contributed by atoms with Gasteiger partial charge in [0.15, 0.2) is 0 Å². The lowest BCUT2D eigenvalue weighted by Gasteiger charge is -2.44. The van der Waals surface area contributed by atoms with E-state index in [1.54, 1.807) is 22.7 Å². The van der Waals surface area contributed by atoms with Gasteiger partial charge >= 0.3 is 5.97 Å². The van der Waals surface area contributed by atoms with Crippen molar-refractivity contribution < 1.29 is 9.53 Å². The van der Waals surface area contributed by atoms with Crippen LogP contribution >= 0.6 is 45.9 Å². The van der Waals surface area contributed by atoms with E-state index in [0.717, 1.165) is 21.9 Å². The van der Waals surface area contributed by atoms with Crippen LogP contribution in [0.25, 0.3) is 0 Å². The van der Waals surface area contributed by atoms with E-state index in [4.69, 9.17) is 27.9 Å². The molecule has 35 heavy (non-hydrogen) atoms. The predicted molar refractivity (Wildman–Crippen MR) is 147 cm³/mol. The third-order valence-electron chi connectivity index (χ3n) is 5.96. The van der Waals surface area contributed by atoms with Gasteiger partial charge in [0, 0.05) is 43.3 Å². The highest BCUT2D eigenvalue weighted by Crippen LogP contribution is 2.49. The van der Waals surface area contributed by atoms with Gasteiger partial charge in [-0.3, -0.25) is 0 Å². The molecule has 2 atom stereocenters. The lowest BCUT2D eigenvalue weighted by atomic mass is 9.89. The number of thiophene rings is 2. The quantitative estimate of drug-likeness (QED) is 0.249. The first-order chi connectivity index (χ1) is 17.0. The van der Waals surface area contributed by atoms with E-state index < -0.39 is 0 Å². The fraction of sp³-hybridized carbons (Fsp3) is 0.148. The molecular weight excluding hydrogens is 519 g/mol. The van der Waals surface area contributed by atoms with Crippen LogP contribution in [0.4, 0.5) is 11.4 Å². The van der Waals surface area contributed by atoms with E-state index in [9.17, 15) is 4.79 Å². The fourth-order valence-electron chi connectivity index (χ4n) is 4.44. The van der Waals surface area contributed by atoms with Gasteiger partial charge < -0.3 is 15.0 Å². The van der Waals surface area contributed by atoms with Crippen LogP contribution in [0.5, 0.6) is 0 Å². The first-order valence-corrected chi connectivity index (χ1v) is 13.5. The maximum atomic E-state index is 13.4. The number of nitrogens with zero attached hydrogens (tertiary/aromatic N) is 1. The normalized spacial score (nSPS) is 18.0. The monoisotopic (exact) mass is 540 g/mol. The highest BCUT2D eigenvalue weighted by atomic mass is 35.5. The predicted octanol–water partition coefficient (Wildman–Crippen LogP) is 8.35. The zero-order valence-electron chi connectivity index (χ0n) is 18.8. The molecule has 3 heterocycles. The van der Waals surface area contributed by atoms with Crippen LogP contribution in [0.15, 0.2) is 94.8 Å². The molecular formula is C27H22Cl2N2O2S2. The molecule has 5 rings (SSSR count). The number of ether oxygens (including phenoxy) is 1. The number of nitrogens with one attached hydrogen (secondary N) is 1. The number of hydrogen-bond donors (Lipinski definition) is 1. The van der Waals surface area contributed by atoms with Crippen molar-refractivity contribution in [2.24, 2.45) is 0 Å². The zero-order valence-corrected chi connectivity index (χ0v) is 21.9. The molecule has 0 spiro atoms. The van der Waals surface area contributed by atoms with Crippen molar-refractivity contribution in [1.82, 2.24) is 0 Å². The van der Waals surface area contributed by atoms with E-state index in [1.165, 1.54) is 12.0 Å². The average molecular weight is 542 g/mol. The lowest BCUT2D eigenvalue weighted by molar-refractivity contribution is -0.136. The second-order valence-electron chi connectivity index (χ2n) is 8.05. The summed E-state index contributed by atoms with van der Waals surface area (Å²) in [6, 6.07) is 23.2. The van der Waals surface area contributed by atoms with Gasteiger partial charge in [-0.1, -0.05) is 35.3 Å². The Labute approximate surface area is 222 Å². The van der Waals surface area contributed by atoms with Gasteiger partial charge in [-0.05, 0) is 71.4 Å². The highest BCUT2D eigenvalue weighted by Gasteiger charge is 2.42. The first kappa shape index (κ1) is 23.9. The molecule has 4 aromatic rings. The largest absolute Gasteiger partial charge is 0.466 e. The van der Waals surface area contributed by atoms with E-state index in [-0.39, 0.29) is 18.1 Å². The second kappa shape index (κ2) is 10.5. The summed E-state index contributed by atoms with van der Waals surface area (Å²) >= 11 is 15.7. The summed E-state index contributed by atoms with van der Waals surface area (Å²) < 4.78 is 5.34. The Kier molecular flexibility index (Phi) is 7.16. The van der Waals surface area contributed by atoms with Crippen molar-refractivity contribution in [2.45, 2.75) is 18.5 Å². The number of carbonyl (C=O) groups excluding carboxylic acids is 1. The molecule has 0 radical (unpaired) electrons. The SMILES string of the molecule is COC(=O)C1=C(Nc2ccc(Cl)cc2)C[C@@H](c2cccs2)N(c2ccc(Cl)cc2)[C@@H]1c1cccs1. The third-order valence-corrected chi connectivity index (χ3v) is 8.37. The van der Waals surface area contributed by atoms with Gasteiger partial charge in [-0.15, -0.1) is 22.7 Å². The van der Waals surface area contributed by atoms with Gasteiger partial charge in [0.25, 0.3) is 0 Å². The maximum absolute atomic E-state index is 13.4. The summed E-state index contributed by atoms with van der Waals surface area (Å²) in [6.07, 6.45) is 0.595. The molecule has 0 amide bonds. The molecule has 1 aliphatic rings. The molecule has 1 aliphatic heterocycles. The van der Waals surface area contributed by atoms with Crippen LogP contribution in [-0.2, 0) is 9.53 Å². The Morgan fingerprint density at radius 2 is 1.51 bits per heavy atom. The van der Waals surface area contributed by atoms with Gasteiger partial charge in [-0.2, -0.15) is 0 Å². The molecule has 0 saturated heterocycles. The number of anilines is 2. The second-order valence-corrected chi connectivity index (χ2v) is 10.9. The fourth-order valence-corrected chi connectivity index (χ4v) is 6.35. The number of hydrogen-bond acceptors (Lipinski definition) is 6. The summed E-state index contributed by atoms with van der Waals surface area (Å²) in [5, 5.41) is 8.96. The first-order valence-electron chi connectivity index (χ1n) is 11.0. The molecule has 0 aliphatic carbocycles. The van der Waals surface area contributed by atoms with Crippen LogP contribution in [0.2, 0.25) is 10.0 Å². The number of rotatable bonds is 6. The molecule has 0 fully saturated rings. The summed E-state index contributed by atoms with van der Waals surface area (Å²) in [7, 11) is 1.43. The molecule has 0 bridgehead atoms. The maximum Gasteiger partial charge on any atom is 0.338 e. The van der Waals surface area contributed by atoms with Crippen molar-refractivity contribution >= 4 is 63.2 Å². The van der Waals surface area contributed by atoms with E-state index >= 15 is 0 Å². The van der Waals surface area contributed by atoms with Crippen molar-refractivity contribution in [3.63, 3.8) is 0 Å². The highest BCUT2D eigenvalue weighted by molar-refractivity contribution is 7.10. The van der Waals surface area contributed by atoms with Gasteiger partial charge in [0.05, 0.1) is 24.8 Å². The topological polar surface area (TPSA) is 41.6 Å². The van der Waals surface area contributed by atoms with Crippen LogP contribution < -0.4 is 10.2 Å². The van der Waals surface area contributed by atoms with Crippen molar-refractivity contribution in [3.8, 4) is 0 Å². The molecule has 2 aromatic heterocycles. The minimum Gasteiger partial charge on any atom is -0.466 e. The standard InChI is InChI=1S/C27H22Cl2N2O2S2/c1-33-27(32)25-21(30-19-10-6-17(28)7-11-19)16-22(23-4-2-14-34-23)31(20-12-8-18(29)9-13-20)26(25)24-5-3-15-35-24/h2-15,22,26,30H,16H2,1H3/t22-,26+/m0/s1. The van der Waals surface area contributed by atoms with Gasteiger partial charge in [0.1, 0.15) is 0 Å². The van der Waals surface area contributed by atoms with Crippen molar-refractivity contribution in [3.05, 3.63) is 115 Å². The van der Waals surface area contributed by atoms with Crippen LogP contribution in [0, 0.1) is 0 Å². The minimum absolute atomic E-state index is 0.00789. The van der Waals surface area contributed by atoms with Gasteiger partial charge in [0.2, 0.25) is 0 Å². The molecule has 2 aromatic carbocycles. The molecule has 4 nitrogen and oxygen atoms in total. The minimum atomic E-state index is -0.358. The van der Waals surface area contributed by atoms with Crippen LogP contribution in [-0.4, -0.2) is 13.1 Å². The summed E-state index contributed by atoms with van der Waals surface area (Å²) in [5.41, 5.74) is 3.27. The zero-order chi connectivity index (χ0) is 24.4. The smallest absolute Gasteiger partial charge is 0.338 e. The summed E-state index contributed by atoms with van der Waals surface area (Å²) in [4.78, 5) is 17.9. The van der Waals surface area contributed by atoms with E-state index in [1.807, 2.05) is 60.0 Å². The Morgan fingerprint density at radius 3 is 2.09 bits per heavy atom. The Hall–Kier alpha value is -2.77. The molecule has 1 N–H and O–H groups in total. The molecule has 0 unspecified atom stereocenters. The molecule has 8 heteroatoms. The van der Waals surface area contributed by atoms with Crippen molar-refractivity contribution in [1.29, 1.82) is 0 Å². The third kappa shape index (κ3) is 4.98. The van der Waals surface area contributed by atoms with E-state index in [0.29, 0.717) is 22.0 Å². The number of benzene rings is 2. The number of methoxy groups -OCH3 is 1. The Morgan fingerprint density at radius 1 is 0.914 bits per heavy atom. The van der Waals surface area contributed by atoms with E-state index in [2.05, 4.69) is 33.8 Å². The van der Waals surface area contributed by atoms with Gasteiger partial charge in [-0.25, -0.2) is 4.79 Å². The Bertz CT molecular complexity index is 1320. The summed E-state index contributed by atoms with van der Waals surface area (Å²) in [6.45, 7) is 0. The number of halogens is 2. The Balaban J connectivity index is 1.72. The van der Waals surface area contributed by atoms with Crippen molar-refractivity contribution in [2.75, 3.05) is 17.3 Å². The number of esters is 1.